The molecule has 0 radical (unpaired) electrons. The van der Waals surface area contributed by atoms with E-state index in [2.05, 4.69) is 6.92 Å². The number of hydrogen-bond acceptors (Lipinski definition) is 1. The van der Waals surface area contributed by atoms with E-state index >= 15 is 0 Å². The van der Waals surface area contributed by atoms with Crippen molar-refractivity contribution in [2.24, 2.45) is 5.41 Å². The predicted octanol–water partition coefficient (Wildman–Crippen LogP) is 2.87. The molecule has 2 aliphatic rings. The minimum atomic E-state index is -0.345. The van der Waals surface area contributed by atoms with Crippen molar-refractivity contribution in [3.8, 4) is 0 Å². The van der Waals surface area contributed by atoms with Gasteiger partial charge in [-0.1, -0.05) is 25.7 Å². The van der Waals surface area contributed by atoms with E-state index in [-0.39, 0.29) is 5.60 Å². The Bertz CT molecular complexity index is 166. The quantitative estimate of drug-likeness (QED) is 0.589. The highest BCUT2D eigenvalue weighted by molar-refractivity contribution is 5.01. The molecule has 0 amide bonds. The molecule has 12 heavy (non-hydrogen) atoms. The minimum absolute atomic E-state index is 0.325. The summed E-state index contributed by atoms with van der Waals surface area (Å²) >= 11 is 0. The summed E-state index contributed by atoms with van der Waals surface area (Å²) in [7, 11) is 0. The summed E-state index contributed by atoms with van der Waals surface area (Å²) in [6, 6.07) is 0. The highest BCUT2D eigenvalue weighted by Gasteiger charge is 2.49. The second kappa shape index (κ2) is 2.73. The third kappa shape index (κ3) is 1.10. The fraction of sp³-hybridized carbons (Fsp3) is 1.00. The maximum absolute atomic E-state index is 10.3. The number of hydrogen-bond donors (Lipinski definition) is 1. The van der Waals surface area contributed by atoms with Gasteiger partial charge in [0.05, 0.1) is 5.60 Å². The topological polar surface area (TPSA) is 20.2 Å². The van der Waals surface area contributed by atoms with Gasteiger partial charge in [-0.25, -0.2) is 0 Å². The van der Waals surface area contributed by atoms with Gasteiger partial charge < -0.3 is 5.11 Å². The number of aliphatic hydroxyl groups is 1. The van der Waals surface area contributed by atoms with Gasteiger partial charge in [0.2, 0.25) is 0 Å². The molecular weight excluding hydrogens is 148 g/mol. The zero-order chi connectivity index (χ0) is 8.66. The van der Waals surface area contributed by atoms with Crippen LogP contribution in [0.1, 0.15) is 58.3 Å². The van der Waals surface area contributed by atoms with Gasteiger partial charge in [0.15, 0.2) is 0 Å². The van der Waals surface area contributed by atoms with Crippen molar-refractivity contribution >= 4 is 0 Å². The van der Waals surface area contributed by atoms with Gasteiger partial charge in [0.25, 0.3) is 0 Å². The first-order chi connectivity index (χ1) is 5.66. The summed E-state index contributed by atoms with van der Waals surface area (Å²) in [5, 5.41) is 10.3. The highest BCUT2D eigenvalue weighted by Crippen LogP contribution is 2.54. The van der Waals surface area contributed by atoms with Crippen molar-refractivity contribution in [2.45, 2.75) is 63.9 Å². The molecule has 1 heteroatoms. The lowest BCUT2D eigenvalue weighted by molar-refractivity contribution is -0.0978. The first-order valence-corrected chi connectivity index (χ1v) is 5.39. The smallest absolute Gasteiger partial charge is 0.0675 e. The van der Waals surface area contributed by atoms with Crippen LogP contribution in [0.4, 0.5) is 0 Å². The largest absolute Gasteiger partial charge is 0.390 e. The molecule has 0 aromatic rings. The Morgan fingerprint density at radius 1 is 0.833 bits per heavy atom. The van der Waals surface area contributed by atoms with Gasteiger partial charge in [-0.3, -0.25) is 0 Å². The Balaban J connectivity index is 2.19. The van der Waals surface area contributed by atoms with Gasteiger partial charge >= 0.3 is 0 Å². The summed E-state index contributed by atoms with van der Waals surface area (Å²) in [5.74, 6) is 0. The Morgan fingerprint density at radius 2 is 1.25 bits per heavy atom. The van der Waals surface area contributed by atoms with Crippen LogP contribution in [0.2, 0.25) is 0 Å². The standard InChI is InChI=1S/C11H20O/c1-10(12)6-2-3-7-11(10)8-4-5-9-11/h12H,2-9H2,1H3/t10-/m0/s1. The molecule has 2 fully saturated rings. The van der Waals surface area contributed by atoms with Crippen LogP contribution in [0.3, 0.4) is 0 Å². The molecule has 70 valence electrons. The van der Waals surface area contributed by atoms with E-state index in [1.165, 1.54) is 44.9 Å². The fourth-order valence-electron chi connectivity index (χ4n) is 3.31. The van der Waals surface area contributed by atoms with Gasteiger partial charge in [0.1, 0.15) is 0 Å². The third-order valence-corrected chi connectivity index (χ3v) is 4.27. The molecule has 2 aliphatic carbocycles. The molecule has 0 heterocycles. The molecule has 1 atom stereocenters. The van der Waals surface area contributed by atoms with Crippen LogP contribution in [0.15, 0.2) is 0 Å². The van der Waals surface area contributed by atoms with E-state index in [9.17, 15) is 5.11 Å². The van der Waals surface area contributed by atoms with Crippen LogP contribution < -0.4 is 0 Å². The van der Waals surface area contributed by atoms with E-state index in [0.29, 0.717) is 5.41 Å². The van der Waals surface area contributed by atoms with Crippen molar-refractivity contribution in [3.63, 3.8) is 0 Å². The van der Waals surface area contributed by atoms with Crippen molar-refractivity contribution in [1.29, 1.82) is 0 Å². The van der Waals surface area contributed by atoms with Gasteiger partial charge in [-0.2, -0.15) is 0 Å². The van der Waals surface area contributed by atoms with Crippen molar-refractivity contribution in [1.82, 2.24) is 0 Å². The van der Waals surface area contributed by atoms with Crippen LogP contribution in [-0.2, 0) is 0 Å². The average molecular weight is 168 g/mol. The second-order valence-electron chi connectivity index (χ2n) is 4.97. The molecule has 2 rings (SSSR count). The maximum Gasteiger partial charge on any atom is 0.0675 e. The Hall–Kier alpha value is -0.0400. The molecule has 0 saturated heterocycles. The molecule has 0 aromatic carbocycles. The highest BCUT2D eigenvalue weighted by atomic mass is 16.3. The lowest BCUT2D eigenvalue weighted by Crippen LogP contribution is -2.46. The summed E-state index contributed by atoms with van der Waals surface area (Å²) in [5.41, 5.74) is -0.0208. The third-order valence-electron chi connectivity index (χ3n) is 4.27. The van der Waals surface area contributed by atoms with Crippen LogP contribution in [-0.4, -0.2) is 10.7 Å². The SMILES string of the molecule is C[C@]1(O)CCCCC12CCCC2. The minimum Gasteiger partial charge on any atom is -0.390 e. The Morgan fingerprint density at radius 3 is 1.67 bits per heavy atom. The van der Waals surface area contributed by atoms with Crippen molar-refractivity contribution in [2.75, 3.05) is 0 Å². The molecule has 0 aliphatic heterocycles. The van der Waals surface area contributed by atoms with Crippen molar-refractivity contribution in [3.05, 3.63) is 0 Å². The van der Waals surface area contributed by atoms with Gasteiger partial charge in [-0.05, 0) is 38.0 Å². The maximum atomic E-state index is 10.3. The lowest BCUT2D eigenvalue weighted by Gasteiger charge is -2.46. The van der Waals surface area contributed by atoms with Crippen LogP contribution >= 0.6 is 0 Å². The van der Waals surface area contributed by atoms with Gasteiger partial charge in [0, 0.05) is 0 Å². The first kappa shape index (κ1) is 8.55. The Labute approximate surface area is 75.2 Å². The lowest BCUT2D eigenvalue weighted by atomic mass is 9.63. The summed E-state index contributed by atoms with van der Waals surface area (Å²) in [6.07, 6.45) is 10.1. The molecule has 2 saturated carbocycles. The molecule has 1 nitrogen and oxygen atoms in total. The van der Waals surface area contributed by atoms with E-state index in [1.54, 1.807) is 0 Å². The van der Waals surface area contributed by atoms with E-state index in [1.807, 2.05) is 0 Å². The molecule has 0 unspecified atom stereocenters. The zero-order valence-corrected chi connectivity index (χ0v) is 8.10. The average Bonchev–Trinajstić information content (AvgIpc) is 2.46. The molecule has 0 aromatic heterocycles. The first-order valence-electron chi connectivity index (χ1n) is 5.39. The van der Waals surface area contributed by atoms with E-state index in [4.69, 9.17) is 0 Å². The van der Waals surface area contributed by atoms with Crippen LogP contribution in [0.5, 0.6) is 0 Å². The molecule has 1 N–H and O–H groups in total. The Kier molecular flexibility index (Phi) is 1.95. The van der Waals surface area contributed by atoms with Crippen LogP contribution in [0, 0.1) is 5.41 Å². The van der Waals surface area contributed by atoms with E-state index < -0.39 is 0 Å². The van der Waals surface area contributed by atoms with Crippen molar-refractivity contribution < 1.29 is 5.11 Å². The van der Waals surface area contributed by atoms with Gasteiger partial charge in [-0.15, -0.1) is 0 Å². The van der Waals surface area contributed by atoms with Crippen LogP contribution in [0.25, 0.3) is 0 Å². The molecule has 0 bridgehead atoms. The summed E-state index contributed by atoms with van der Waals surface area (Å²) in [6.45, 7) is 2.07. The fourth-order valence-corrected chi connectivity index (χ4v) is 3.31. The summed E-state index contributed by atoms with van der Waals surface area (Å²) < 4.78 is 0. The molecule has 1 spiro atoms. The molecular formula is C11H20O. The monoisotopic (exact) mass is 168 g/mol. The zero-order valence-electron chi connectivity index (χ0n) is 8.10. The predicted molar refractivity (Wildman–Crippen MR) is 50.0 cm³/mol. The van der Waals surface area contributed by atoms with E-state index in [0.717, 1.165) is 6.42 Å². The second-order valence-corrected chi connectivity index (χ2v) is 4.97. The number of rotatable bonds is 0. The summed E-state index contributed by atoms with van der Waals surface area (Å²) in [4.78, 5) is 0. The normalized spacial score (nSPS) is 40.5.